The fourth-order valence-corrected chi connectivity index (χ4v) is 4.16. The highest BCUT2D eigenvalue weighted by atomic mass is 16.1. The Morgan fingerprint density at radius 1 is 1.22 bits per heavy atom. The second-order valence-corrected chi connectivity index (χ2v) is 9.43. The van der Waals surface area contributed by atoms with Crippen LogP contribution in [0.2, 0.25) is 0 Å². The number of carbonyl (C=O) groups is 1. The van der Waals surface area contributed by atoms with Crippen LogP contribution in [0, 0.1) is 25.2 Å². The molecule has 1 saturated carbocycles. The van der Waals surface area contributed by atoms with Crippen LogP contribution in [0.1, 0.15) is 82.7 Å². The van der Waals surface area contributed by atoms with Crippen molar-refractivity contribution in [2.24, 2.45) is 11.3 Å². The third-order valence-corrected chi connectivity index (χ3v) is 5.46. The van der Waals surface area contributed by atoms with Crippen molar-refractivity contribution in [3.05, 3.63) is 23.0 Å². The van der Waals surface area contributed by atoms with Gasteiger partial charge in [0.05, 0.1) is 0 Å². The summed E-state index contributed by atoms with van der Waals surface area (Å²) < 4.78 is 1.87. The van der Waals surface area contributed by atoms with Crippen LogP contribution in [0.15, 0.2) is 6.07 Å². The van der Waals surface area contributed by atoms with Gasteiger partial charge in [-0.2, -0.15) is 0 Å². The molecule has 1 amide bonds. The van der Waals surface area contributed by atoms with Gasteiger partial charge in [-0.3, -0.25) is 4.79 Å². The molecule has 3 rings (SSSR count). The van der Waals surface area contributed by atoms with E-state index in [1.54, 1.807) is 0 Å². The van der Waals surface area contributed by atoms with Gasteiger partial charge in [0.1, 0.15) is 0 Å². The van der Waals surface area contributed by atoms with Crippen LogP contribution < -0.4 is 5.32 Å². The van der Waals surface area contributed by atoms with Gasteiger partial charge in [0, 0.05) is 23.4 Å². The molecule has 5 heteroatoms. The van der Waals surface area contributed by atoms with Crippen molar-refractivity contribution in [1.29, 1.82) is 0 Å². The Morgan fingerprint density at radius 2 is 1.93 bits per heavy atom. The molecule has 0 aliphatic heterocycles. The zero-order valence-electron chi connectivity index (χ0n) is 17.6. The Labute approximate surface area is 163 Å². The van der Waals surface area contributed by atoms with Gasteiger partial charge in [-0.15, -0.1) is 5.10 Å². The lowest BCUT2D eigenvalue weighted by atomic mass is 9.86. The maximum Gasteiger partial charge on any atom is 0.225 e. The monoisotopic (exact) mass is 370 g/mol. The van der Waals surface area contributed by atoms with Crippen LogP contribution in [0.4, 0.5) is 5.82 Å². The molecule has 0 unspecified atom stereocenters. The Bertz CT molecular complexity index is 810. The minimum Gasteiger partial charge on any atom is -0.309 e. The molecule has 0 spiro atoms. The Morgan fingerprint density at radius 3 is 2.59 bits per heavy atom. The molecule has 0 atom stereocenters. The van der Waals surface area contributed by atoms with E-state index in [0.717, 1.165) is 35.4 Å². The molecule has 2 aromatic heterocycles. The second kappa shape index (κ2) is 7.99. The molecule has 5 nitrogen and oxygen atoms in total. The molecule has 0 saturated heterocycles. The number of aromatic nitrogens is 3. The third-order valence-electron chi connectivity index (χ3n) is 5.46. The Kier molecular flexibility index (Phi) is 5.87. The van der Waals surface area contributed by atoms with E-state index in [-0.39, 0.29) is 11.3 Å². The zero-order valence-corrected chi connectivity index (χ0v) is 17.6. The first-order valence-corrected chi connectivity index (χ1v) is 10.4. The van der Waals surface area contributed by atoms with Gasteiger partial charge < -0.3 is 5.32 Å². The fourth-order valence-electron chi connectivity index (χ4n) is 4.16. The first kappa shape index (κ1) is 19.8. The SMILES string of the molecule is Cc1cc(C)n2nc(NC(=O)CCC3CCCCC3)c(CC(C)(C)C)c2n1. The van der Waals surface area contributed by atoms with E-state index in [0.29, 0.717) is 18.2 Å². The first-order valence-electron chi connectivity index (χ1n) is 10.4. The van der Waals surface area contributed by atoms with E-state index in [2.05, 4.69) is 26.1 Å². The summed E-state index contributed by atoms with van der Waals surface area (Å²) in [6.45, 7) is 10.6. The van der Waals surface area contributed by atoms with Crippen molar-refractivity contribution in [2.75, 3.05) is 5.32 Å². The predicted molar refractivity (Wildman–Crippen MR) is 110 cm³/mol. The number of carbonyl (C=O) groups excluding carboxylic acids is 1. The maximum absolute atomic E-state index is 12.6. The van der Waals surface area contributed by atoms with Crippen LogP contribution in [-0.4, -0.2) is 20.5 Å². The van der Waals surface area contributed by atoms with Crippen molar-refractivity contribution < 1.29 is 4.79 Å². The minimum absolute atomic E-state index is 0.0773. The van der Waals surface area contributed by atoms with E-state index >= 15 is 0 Å². The quantitative estimate of drug-likeness (QED) is 0.783. The summed E-state index contributed by atoms with van der Waals surface area (Å²) in [5, 5.41) is 7.79. The lowest BCUT2D eigenvalue weighted by molar-refractivity contribution is -0.116. The van der Waals surface area contributed by atoms with Crippen molar-refractivity contribution in [3.63, 3.8) is 0 Å². The Balaban J connectivity index is 1.80. The summed E-state index contributed by atoms with van der Waals surface area (Å²) >= 11 is 0. The zero-order chi connectivity index (χ0) is 19.6. The summed E-state index contributed by atoms with van der Waals surface area (Å²) in [5.74, 6) is 1.47. The average Bonchev–Trinajstić information content (AvgIpc) is 2.90. The maximum atomic E-state index is 12.6. The van der Waals surface area contributed by atoms with E-state index in [1.165, 1.54) is 32.1 Å². The van der Waals surface area contributed by atoms with Gasteiger partial charge >= 0.3 is 0 Å². The molecule has 2 heterocycles. The van der Waals surface area contributed by atoms with Gasteiger partial charge in [0.15, 0.2) is 11.5 Å². The number of rotatable bonds is 5. The number of nitrogens with zero attached hydrogens (tertiary/aromatic N) is 3. The summed E-state index contributed by atoms with van der Waals surface area (Å²) in [5.41, 5.74) is 4.01. The lowest BCUT2D eigenvalue weighted by Crippen LogP contribution is -2.17. The number of anilines is 1. The van der Waals surface area contributed by atoms with E-state index in [9.17, 15) is 4.79 Å². The predicted octanol–water partition coefficient (Wildman–Crippen LogP) is 5.23. The minimum atomic E-state index is 0.0773. The third kappa shape index (κ3) is 5.08. The molecular weight excluding hydrogens is 336 g/mol. The van der Waals surface area contributed by atoms with Crippen molar-refractivity contribution in [3.8, 4) is 0 Å². The highest BCUT2D eigenvalue weighted by Crippen LogP contribution is 2.30. The van der Waals surface area contributed by atoms with Gasteiger partial charge in [0.25, 0.3) is 0 Å². The number of nitrogens with one attached hydrogen (secondary N) is 1. The highest BCUT2D eigenvalue weighted by Gasteiger charge is 2.23. The summed E-state index contributed by atoms with van der Waals surface area (Å²) in [6.07, 6.45) is 8.94. The van der Waals surface area contributed by atoms with Crippen molar-refractivity contribution in [1.82, 2.24) is 14.6 Å². The van der Waals surface area contributed by atoms with E-state index < -0.39 is 0 Å². The number of fused-ring (bicyclic) bond motifs is 1. The molecule has 27 heavy (non-hydrogen) atoms. The molecule has 1 fully saturated rings. The van der Waals surface area contributed by atoms with Gasteiger partial charge in [-0.1, -0.05) is 52.9 Å². The Hall–Kier alpha value is -1.91. The topological polar surface area (TPSA) is 59.3 Å². The van der Waals surface area contributed by atoms with E-state index in [4.69, 9.17) is 10.1 Å². The molecule has 148 valence electrons. The lowest BCUT2D eigenvalue weighted by Gasteiger charge is -2.21. The molecular formula is C22H34N4O. The molecule has 2 aromatic rings. The summed E-state index contributed by atoms with van der Waals surface area (Å²) in [7, 11) is 0. The van der Waals surface area contributed by atoms with Gasteiger partial charge in [-0.05, 0) is 44.1 Å². The second-order valence-electron chi connectivity index (χ2n) is 9.43. The van der Waals surface area contributed by atoms with Crippen LogP contribution in [0.25, 0.3) is 5.65 Å². The number of aryl methyl sites for hydroxylation is 2. The first-order chi connectivity index (χ1) is 12.7. The van der Waals surface area contributed by atoms with Gasteiger partial charge in [0.2, 0.25) is 5.91 Å². The van der Waals surface area contributed by atoms with E-state index in [1.807, 2.05) is 24.4 Å². The smallest absolute Gasteiger partial charge is 0.225 e. The summed E-state index contributed by atoms with van der Waals surface area (Å²) in [4.78, 5) is 17.3. The molecule has 0 aromatic carbocycles. The van der Waals surface area contributed by atoms with Crippen molar-refractivity contribution in [2.45, 2.75) is 86.0 Å². The number of hydrogen-bond donors (Lipinski definition) is 1. The van der Waals surface area contributed by atoms with Crippen LogP contribution in [0.3, 0.4) is 0 Å². The summed E-state index contributed by atoms with van der Waals surface area (Å²) in [6, 6.07) is 2.02. The normalized spacial score (nSPS) is 16.0. The van der Waals surface area contributed by atoms with Crippen LogP contribution >= 0.6 is 0 Å². The van der Waals surface area contributed by atoms with Crippen LogP contribution in [-0.2, 0) is 11.2 Å². The standard InChI is InChI=1S/C22H34N4O/c1-15-13-16(2)26-21(23-15)18(14-22(3,4)5)20(25-26)24-19(27)12-11-17-9-7-6-8-10-17/h13,17H,6-12,14H2,1-5H3,(H,24,25,27). The largest absolute Gasteiger partial charge is 0.309 e. The molecule has 1 aliphatic carbocycles. The highest BCUT2D eigenvalue weighted by molar-refractivity contribution is 5.91. The van der Waals surface area contributed by atoms with Crippen LogP contribution in [0.5, 0.6) is 0 Å². The molecule has 0 radical (unpaired) electrons. The van der Waals surface area contributed by atoms with Gasteiger partial charge in [-0.25, -0.2) is 9.50 Å². The number of hydrogen-bond acceptors (Lipinski definition) is 3. The average molecular weight is 371 g/mol. The molecule has 1 N–H and O–H groups in total. The fraction of sp³-hybridized carbons (Fsp3) is 0.682. The molecule has 1 aliphatic rings. The molecule has 0 bridgehead atoms. The number of amides is 1. The van der Waals surface area contributed by atoms with Crippen molar-refractivity contribution >= 4 is 17.4 Å².